The fraction of sp³-hybridized carbons (Fsp3) is 0.429. The van der Waals surface area contributed by atoms with Gasteiger partial charge in [0.1, 0.15) is 0 Å². The predicted molar refractivity (Wildman–Crippen MR) is 67.5 cm³/mol. The van der Waals surface area contributed by atoms with Gasteiger partial charge in [-0.1, -0.05) is 32.0 Å². The number of aliphatic hydroxyl groups excluding tert-OH is 1. The van der Waals surface area contributed by atoms with Gasteiger partial charge in [0.2, 0.25) is 0 Å². The Bertz CT molecular complexity index is 473. The quantitative estimate of drug-likeness (QED) is 0.695. The summed E-state index contributed by atoms with van der Waals surface area (Å²) in [6.45, 7) is 4.00. The standard InChI is InChI=1S/C12H13NO.C2H6/c14-11-7-3-5-9-8-4-1-2-6-10(8)13-12(9)11;1-2/h1-2,4,6,11,13-14H,3,5,7H2;1-2H3. The molecule has 86 valence electrons. The Hall–Kier alpha value is -1.28. The van der Waals surface area contributed by atoms with Crippen LogP contribution in [0.3, 0.4) is 0 Å². The Kier molecular flexibility index (Phi) is 3.30. The van der Waals surface area contributed by atoms with Crippen molar-refractivity contribution in [2.75, 3.05) is 0 Å². The van der Waals surface area contributed by atoms with Crippen molar-refractivity contribution in [3.63, 3.8) is 0 Å². The zero-order valence-corrected chi connectivity index (χ0v) is 9.96. The van der Waals surface area contributed by atoms with Gasteiger partial charge >= 0.3 is 0 Å². The monoisotopic (exact) mass is 217 g/mol. The maximum atomic E-state index is 9.83. The van der Waals surface area contributed by atoms with Gasteiger partial charge in [-0.3, -0.25) is 0 Å². The van der Waals surface area contributed by atoms with Crippen molar-refractivity contribution in [2.45, 2.75) is 39.2 Å². The normalized spacial score (nSPS) is 18.8. The van der Waals surface area contributed by atoms with E-state index < -0.39 is 0 Å². The summed E-state index contributed by atoms with van der Waals surface area (Å²) in [4.78, 5) is 3.32. The van der Waals surface area contributed by atoms with Gasteiger partial charge in [0.05, 0.1) is 6.10 Å². The summed E-state index contributed by atoms with van der Waals surface area (Å²) in [5.41, 5.74) is 3.51. The van der Waals surface area contributed by atoms with E-state index in [1.165, 1.54) is 10.9 Å². The largest absolute Gasteiger partial charge is 0.387 e. The van der Waals surface area contributed by atoms with Crippen LogP contribution in [0.15, 0.2) is 24.3 Å². The second-order valence-electron chi connectivity index (χ2n) is 3.97. The maximum Gasteiger partial charge on any atom is 0.0941 e. The van der Waals surface area contributed by atoms with Crippen LogP contribution >= 0.6 is 0 Å². The molecule has 1 atom stereocenters. The molecule has 3 rings (SSSR count). The zero-order valence-electron chi connectivity index (χ0n) is 9.96. The number of benzene rings is 1. The van der Waals surface area contributed by atoms with E-state index in [4.69, 9.17) is 0 Å². The highest BCUT2D eigenvalue weighted by Crippen LogP contribution is 2.34. The van der Waals surface area contributed by atoms with Crippen molar-refractivity contribution < 1.29 is 5.11 Å². The van der Waals surface area contributed by atoms with E-state index in [9.17, 15) is 5.11 Å². The number of aliphatic hydroxyl groups is 1. The number of fused-ring (bicyclic) bond motifs is 3. The van der Waals surface area contributed by atoms with Gasteiger partial charge in [-0.05, 0) is 30.9 Å². The van der Waals surface area contributed by atoms with E-state index in [0.717, 1.165) is 30.5 Å². The minimum Gasteiger partial charge on any atom is -0.387 e. The summed E-state index contributed by atoms with van der Waals surface area (Å²) in [5, 5.41) is 11.1. The SMILES string of the molecule is CC.OC1CCCc2c1[nH]c1ccccc21. The second-order valence-corrected chi connectivity index (χ2v) is 3.97. The molecule has 2 aromatic rings. The average Bonchev–Trinajstić information content (AvgIpc) is 2.72. The van der Waals surface area contributed by atoms with Crippen molar-refractivity contribution in [3.05, 3.63) is 35.5 Å². The molecule has 1 heterocycles. The fourth-order valence-corrected chi connectivity index (χ4v) is 2.39. The molecule has 1 aromatic heterocycles. The van der Waals surface area contributed by atoms with E-state index in [2.05, 4.69) is 23.2 Å². The lowest BCUT2D eigenvalue weighted by Gasteiger charge is -2.17. The number of rotatable bonds is 0. The number of aromatic amines is 1. The number of H-pyrrole nitrogens is 1. The molecule has 0 spiro atoms. The third-order valence-electron chi connectivity index (χ3n) is 3.08. The lowest BCUT2D eigenvalue weighted by Crippen LogP contribution is -2.07. The van der Waals surface area contributed by atoms with E-state index in [-0.39, 0.29) is 6.10 Å². The van der Waals surface area contributed by atoms with Crippen molar-refractivity contribution in [3.8, 4) is 0 Å². The number of hydrogen-bond donors (Lipinski definition) is 2. The van der Waals surface area contributed by atoms with Crippen LogP contribution in [0.2, 0.25) is 0 Å². The zero-order chi connectivity index (χ0) is 11.5. The molecular formula is C14H19NO. The maximum absolute atomic E-state index is 9.83. The molecule has 0 amide bonds. The highest BCUT2D eigenvalue weighted by Gasteiger charge is 2.21. The Morgan fingerprint density at radius 3 is 2.81 bits per heavy atom. The summed E-state index contributed by atoms with van der Waals surface area (Å²) in [5.74, 6) is 0. The highest BCUT2D eigenvalue weighted by atomic mass is 16.3. The lowest BCUT2D eigenvalue weighted by molar-refractivity contribution is 0.153. The van der Waals surface area contributed by atoms with Crippen LogP contribution in [0.1, 0.15) is 44.1 Å². The molecule has 2 nitrogen and oxygen atoms in total. The molecule has 0 fully saturated rings. The Morgan fingerprint density at radius 1 is 1.25 bits per heavy atom. The summed E-state index contributed by atoms with van der Waals surface area (Å²) in [6, 6.07) is 8.27. The van der Waals surface area contributed by atoms with Crippen LogP contribution < -0.4 is 0 Å². The third kappa shape index (κ3) is 1.74. The number of aromatic nitrogens is 1. The first-order valence-electron chi connectivity index (χ1n) is 6.14. The van der Waals surface area contributed by atoms with Gasteiger partial charge in [-0.25, -0.2) is 0 Å². The van der Waals surface area contributed by atoms with E-state index in [1.807, 2.05) is 19.9 Å². The molecular weight excluding hydrogens is 198 g/mol. The van der Waals surface area contributed by atoms with Crippen molar-refractivity contribution in [2.24, 2.45) is 0 Å². The first-order valence-corrected chi connectivity index (χ1v) is 6.14. The van der Waals surface area contributed by atoms with Gasteiger partial charge in [-0.15, -0.1) is 0 Å². The van der Waals surface area contributed by atoms with Gasteiger partial charge in [-0.2, -0.15) is 0 Å². The number of hydrogen-bond acceptors (Lipinski definition) is 1. The first-order chi connectivity index (χ1) is 7.86. The second kappa shape index (κ2) is 4.71. The first kappa shape index (κ1) is 11.2. The van der Waals surface area contributed by atoms with Crippen molar-refractivity contribution >= 4 is 10.9 Å². The highest BCUT2D eigenvalue weighted by molar-refractivity contribution is 5.84. The van der Waals surface area contributed by atoms with Crippen LogP contribution in [-0.4, -0.2) is 10.1 Å². The van der Waals surface area contributed by atoms with Crippen LogP contribution in [0.4, 0.5) is 0 Å². The van der Waals surface area contributed by atoms with E-state index in [0.29, 0.717) is 0 Å². The van der Waals surface area contributed by atoms with Crippen LogP contribution in [0.5, 0.6) is 0 Å². The molecule has 2 N–H and O–H groups in total. The topological polar surface area (TPSA) is 36.0 Å². The average molecular weight is 217 g/mol. The Morgan fingerprint density at radius 2 is 2.00 bits per heavy atom. The molecule has 0 saturated carbocycles. The van der Waals surface area contributed by atoms with Gasteiger partial charge in [0.15, 0.2) is 0 Å². The van der Waals surface area contributed by atoms with E-state index >= 15 is 0 Å². The molecule has 1 aliphatic carbocycles. The fourth-order valence-electron chi connectivity index (χ4n) is 2.39. The van der Waals surface area contributed by atoms with Crippen LogP contribution in [-0.2, 0) is 6.42 Å². The summed E-state index contributed by atoms with van der Waals surface area (Å²) in [7, 11) is 0. The molecule has 0 bridgehead atoms. The predicted octanol–water partition coefficient (Wildman–Crippen LogP) is 3.56. The Labute approximate surface area is 96.3 Å². The molecule has 1 aromatic carbocycles. The molecule has 16 heavy (non-hydrogen) atoms. The minimum atomic E-state index is -0.286. The summed E-state index contributed by atoms with van der Waals surface area (Å²) in [6.07, 6.45) is 2.79. The van der Waals surface area contributed by atoms with Crippen LogP contribution in [0, 0.1) is 0 Å². The number of nitrogens with one attached hydrogen (secondary N) is 1. The van der Waals surface area contributed by atoms with Gasteiger partial charge in [0, 0.05) is 16.6 Å². The molecule has 2 heteroatoms. The molecule has 1 unspecified atom stereocenters. The summed E-state index contributed by atoms with van der Waals surface area (Å²) >= 11 is 0. The smallest absolute Gasteiger partial charge is 0.0941 e. The van der Waals surface area contributed by atoms with Crippen molar-refractivity contribution in [1.82, 2.24) is 4.98 Å². The molecule has 0 aliphatic heterocycles. The lowest BCUT2D eigenvalue weighted by atomic mass is 9.94. The molecule has 0 radical (unpaired) electrons. The van der Waals surface area contributed by atoms with Gasteiger partial charge in [0.25, 0.3) is 0 Å². The molecule has 1 aliphatic rings. The Balaban J connectivity index is 0.000000457. The minimum absolute atomic E-state index is 0.286. The van der Waals surface area contributed by atoms with E-state index in [1.54, 1.807) is 0 Å². The summed E-state index contributed by atoms with van der Waals surface area (Å²) < 4.78 is 0. The van der Waals surface area contributed by atoms with Gasteiger partial charge < -0.3 is 10.1 Å². The third-order valence-corrected chi connectivity index (χ3v) is 3.08. The van der Waals surface area contributed by atoms with Crippen LogP contribution in [0.25, 0.3) is 10.9 Å². The van der Waals surface area contributed by atoms with Crippen molar-refractivity contribution in [1.29, 1.82) is 0 Å². The number of para-hydroxylation sites is 1. The molecule has 0 saturated heterocycles. The number of aryl methyl sites for hydroxylation is 1.